The largest absolute Gasteiger partial charge is 0.479 e. The van der Waals surface area contributed by atoms with Crippen molar-refractivity contribution >= 4 is 11.9 Å². The highest BCUT2D eigenvalue weighted by Crippen LogP contribution is 2.32. The van der Waals surface area contributed by atoms with Crippen molar-refractivity contribution in [1.82, 2.24) is 4.90 Å². The van der Waals surface area contributed by atoms with Crippen molar-refractivity contribution in [2.45, 2.75) is 12.3 Å². The number of hydrogen-bond acceptors (Lipinski definition) is 4. The van der Waals surface area contributed by atoms with Crippen molar-refractivity contribution in [2.75, 3.05) is 19.7 Å². The SMILES string of the molecule is O=C(O)C1CN(C(=O)c2cccc(Oc3cccc(C(F)(F)F)c3)c2)CCO1. The lowest BCUT2D eigenvalue weighted by molar-refractivity contribution is -0.154. The highest BCUT2D eigenvalue weighted by molar-refractivity contribution is 5.95. The van der Waals surface area contributed by atoms with Crippen LogP contribution in [0.2, 0.25) is 0 Å². The monoisotopic (exact) mass is 395 g/mol. The third-order valence-electron chi connectivity index (χ3n) is 4.11. The van der Waals surface area contributed by atoms with Crippen LogP contribution in [0.3, 0.4) is 0 Å². The van der Waals surface area contributed by atoms with Crippen LogP contribution in [0.25, 0.3) is 0 Å². The van der Waals surface area contributed by atoms with Crippen molar-refractivity contribution in [3.63, 3.8) is 0 Å². The zero-order valence-corrected chi connectivity index (χ0v) is 14.5. The van der Waals surface area contributed by atoms with Gasteiger partial charge in [0.25, 0.3) is 5.91 Å². The van der Waals surface area contributed by atoms with E-state index in [-0.39, 0.29) is 36.8 Å². The minimum absolute atomic E-state index is 0.0169. The summed E-state index contributed by atoms with van der Waals surface area (Å²) < 4.78 is 49.0. The molecular weight excluding hydrogens is 379 g/mol. The number of halogens is 3. The average Bonchev–Trinajstić information content (AvgIpc) is 2.67. The molecule has 1 N–H and O–H groups in total. The van der Waals surface area contributed by atoms with Crippen LogP contribution in [-0.2, 0) is 15.7 Å². The van der Waals surface area contributed by atoms with Gasteiger partial charge < -0.3 is 19.5 Å². The van der Waals surface area contributed by atoms with E-state index in [4.69, 9.17) is 14.6 Å². The van der Waals surface area contributed by atoms with Gasteiger partial charge in [0, 0.05) is 12.1 Å². The number of carboxylic acid groups (broad SMARTS) is 1. The van der Waals surface area contributed by atoms with Gasteiger partial charge in [0.15, 0.2) is 6.10 Å². The van der Waals surface area contributed by atoms with Crippen LogP contribution in [0.15, 0.2) is 48.5 Å². The molecule has 0 spiro atoms. The maximum Gasteiger partial charge on any atom is 0.416 e. The second-order valence-electron chi connectivity index (χ2n) is 6.10. The number of alkyl halides is 3. The van der Waals surface area contributed by atoms with E-state index >= 15 is 0 Å². The van der Waals surface area contributed by atoms with Gasteiger partial charge in [0.05, 0.1) is 18.7 Å². The molecule has 3 rings (SSSR count). The molecule has 28 heavy (non-hydrogen) atoms. The number of rotatable bonds is 4. The van der Waals surface area contributed by atoms with Gasteiger partial charge in [0.2, 0.25) is 0 Å². The molecule has 2 aromatic rings. The van der Waals surface area contributed by atoms with Gasteiger partial charge in [-0.1, -0.05) is 12.1 Å². The van der Waals surface area contributed by atoms with E-state index in [0.29, 0.717) is 0 Å². The molecule has 148 valence electrons. The molecule has 0 bridgehead atoms. The van der Waals surface area contributed by atoms with Gasteiger partial charge in [-0.25, -0.2) is 4.79 Å². The summed E-state index contributed by atoms with van der Waals surface area (Å²) in [5, 5.41) is 9.03. The Morgan fingerprint density at radius 1 is 1.11 bits per heavy atom. The Morgan fingerprint density at radius 3 is 2.46 bits per heavy atom. The van der Waals surface area contributed by atoms with Crippen LogP contribution in [-0.4, -0.2) is 47.7 Å². The van der Waals surface area contributed by atoms with Crippen molar-refractivity contribution in [3.8, 4) is 11.5 Å². The predicted molar refractivity (Wildman–Crippen MR) is 91.2 cm³/mol. The van der Waals surface area contributed by atoms with Gasteiger partial charge in [0.1, 0.15) is 11.5 Å². The predicted octanol–water partition coefficient (Wildman–Crippen LogP) is 3.42. The number of hydrogen-bond donors (Lipinski definition) is 1. The first kappa shape index (κ1) is 19.7. The summed E-state index contributed by atoms with van der Waals surface area (Å²) in [7, 11) is 0. The molecule has 1 fully saturated rings. The molecule has 0 saturated carbocycles. The lowest BCUT2D eigenvalue weighted by Crippen LogP contribution is -2.48. The second-order valence-corrected chi connectivity index (χ2v) is 6.10. The Morgan fingerprint density at radius 2 is 1.79 bits per heavy atom. The summed E-state index contributed by atoms with van der Waals surface area (Å²) in [5.41, 5.74) is -0.610. The number of benzene rings is 2. The van der Waals surface area contributed by atoms with Gasteiger partial charge in [-0.15, -0.1) is 0 Å². The van der Waals surface area contributed by atoms with E-state index < -0.39 is 29.7 Å². The first-order valence-corrected chi connectivity index (χ1v) is 8.33. The fraction of sp³-hybridized carbons (Fsp3) is 0.263. The fourth-order valence-electron chi connectivity index (χ4n) is 2.73. The first-order valence-electron chi connectivity index (χ1n) is 8.33. The molecule has 0 aromatic heterocycles. The minimum atomic E-state index is -4.49. The van der Waals surface area contributed by atoms with Crippen LogP contribution >= 0.6 is 0 Å². The topological polar surface area (TPSA) is 76.1 Å². The van der Waals surface area contributed by atoms with Crippen LogP contribution in [0.1, 0.15) is 15.9 Å². The molecule has 1 atom stereocenters. The summed E-state index contributed by atoms with van der Waals surface area (Å²) in [6.45, 7) is 0.247. The third kappa shape index (κ3) is 4.61. The molecule has 0 radical (unpaired) electrons. The van der Waals surface area contributed by atoms with E-state index in [0.717, 1.165) is 12.1 Å². The maximum atomic E-state index is 12.8. The number of amides is 1. The number of morpholine rings is 1. The van der Waals surface area contributed by atoms with Gasteiger partial charge in [-0.3, -0.25) is 4.79 Å². The van der Waals surface area contributed by atoms with E-state index in [1.807, 2.05) is 0 Å². The smallest absolute Gasteiger partial charge is 0.416 e. The highest BCUT2D eigenvalue weighted by atomic mass is 19.4. The Kier molecular flexibility index (Phi) is 5.55. The quantitative estimate of drug-likeness (QED) is 0.859. The zero-order valence-electron chi connectivity index (χ0n) is 14.5. The number of nitrogens with zero attached hydrogens (tertiary/aromatic N) is 1. The molecule has 1 aliphatic rings. The standard InChI is InChI=1S/C19H16F3NO5/c20-19(21,22)13-4-2-6-15(10-13)28-14-5-1-3-12(9-14)17(24)23-7-8-27-16(11-23)18(25)26/h1-6,9-10,16H,7-8,11H2,(H,25,26). The Balaban J connectivity index is 1.75. The van der Waals surface area contributed by atoms with Crippen molar-refractivity contribution in [1.29, 1.82) is 0 Å². The molecule has 1 unspecified atom stereocenters. The Labute approximate surface area is 158 Å². The summed E-state index contributed by atoms with van der Waals surface area (Å²) in [4.78, 5) is 25.0. The first-order chi connectivity index (χ1) is 13.2. The fourth-order valence-corrected chi connectivity index (χ4v) is 2.73. The summed E-state index contributed by atoms with van der Waals surface area (Å²) in [5.74, 6) is -1.40. The lowest BCUT2D eigenvalue weighted by Gasteiger charge is -2.31. The normalized spacial score (nSPS) is 17.2. The molecule has 0 aliphatic carbocycles. The maximum absolute atomic E-state index is 12.8. The molecule has 2 aromatic carbocycles. The number of ether oxygens (including phenoxy) is 2. The van der Waals surface area contributed by atoms with Crippen LogP contribution in [0.5, 0.6) is 11.5 Å². The molecule has 6 nitrogen and oxygen atoms in total. The Hall–Kier alpha value is -3.07. The van der Waals surface area contributed by atoms with E-state index in [9.17, 15) is 22.8 Å². The number of aliphatic carboxylic acids is 1. The van der Waals surface area contributed by atoms with Crippen molar-refractivity contribution < 1.29 is 37.3 Å². The zero-order chi connectivity index (χ0) is 20.3. The number of carbonyl (C=O) groups excluding carboxylic acids is 1. The van der Waals surface area contributed by atoms with Gasteiger partial charge in [-0.2, -0.15) is 13.2 Å². The Bertz CT molecular complexity index is 884. The van der Waals surface area contributed by atoms with Crippen LogP contribution in [0, 0.1) is 0 Å². The summed E-state index contributed by atoms with van der Waals surface area (Å²) >= 11 is 0. The average molecular weight is 395 g/mol. The highest BCUT2D eigenvalue weighted by Gasteiger charge is 2.31. The molecule has 1 aliphatic heterocycles. The lowest BCUT2D eigenvalue weighted by atomic mass is 10.1. The van der Waals surface area contributed by atoms with E-state index in [1.54, 1.807) is 0 Å². The molecule has 1 heterocycles. The van der Waals surface area contributed by atoms with Gasteiger partial charge in [-0.05, 0) is 36.4 Å². The summed E-state index contributed by atoms with van der Waals surface area (Å²) in [6.07, 6.45) is -5.59. The van der Waals surface area contributed by atoms with Crippen molar-refractivity contribution in [2.24, 2.45) is 0 Å². The van der Waals surface area contributed by atoms with E-state index in [2.05, 4.69) is 0 Å². The number of carboxylic acids is 1. The third-order valence-corrected chi connectivity index (χ3v) is 4.11. The minimum Gasteiger partial charge on any atom is -0.479 e. The molecule has 9 heteroatoms. The molecule has 1 amide bonds. The molecular formula is C19H16F3NO5. The van der Waals surface area contributed by atoms with Crippen molar-refractivity contribution in [3.05, 3.63) is 59.7 Å². The summed E-state index contributed by atoms with van der Waals surface area (Å²) in [6, 6.07) is 10.4. The van der Waals surface area contributed by atoms with Crippen LogP contribution < -0.4 is 4.74 Å². The van der Waals surface area contributed by atoms with Gasteiger partial charge >= 0.3 is 12.1 Å². The van der Waals surface area contributed by atoms with E-state index in [1.165, 1.54) is 41.3 Å². The molecule has 1 saturated heterocycles. The number of carbonyl (C=O) groups is 2. The second kappa shape index (κ2) is 7.89. The van der Waals surface area contributed by atoms with Crippen LogP contribution in [0.4, 0.5) is 13.2 Å².